The summed E-state index contributed by atoms with van der Waals surface area (Å²) in [6.07, 6.45) is 1.12. The van der Waals surface area contributed by atoms with Gasteiger partial charge in [0.15, 0.2) is 5.79 Å². The normalized spacial score (nSPS) is 21.6. The molecular weight excluding hydrogens is 492 g/mol. The zero-order valence-electron chi connectivity index (χ0n) is 21.0. The van der Waals surface area contributed by atoms with Gasteiger partial charge in [-0.15, -0.1) is 0 Å². The minimum Gasteiger partial charge on any atom is -0.445 e. The number of hydrogen-bond donors (Lipinski definition) is 2. The van der Waals surface area contributed by atoms with Crippen molar-refractivity contribution >= 4 is 24.8 Å². The lowest BCUT2D eigenvalue weighted by molar-refractivity contribution is -0.196. The minimum absolute atomic E-state index is 0.0133. The van der Waals surface area contributed by atoms with E-state index in [4.69, 9.17) is 18.9 Å². The number of carbonyl (C=O) groups excluding carboxylic acids is 4. The van der Waals surface area contributed by atoms with Gasteiger partial charge < -0.3 is 39.2 Å². The summed E-state index contributed by atoms with van der Waals surface area (Å²) in [5.41, 5.74) is 1.56. The van der Waals surface area contributed by atoms with Gasteiger partial charge in [0.2, 0.25) is 0 Å². The Morgan fingerprint density at radius 1 is 0.763 bits per heavy atom. The Labute approximate surface area is 221 Å². The summed E-state index contributed by atoms with van der Waals surface area (Å²) in [6, 6.07) is 15.8. The molecule has 1 aliphatic carbocycles. The van der Waals surface area contributed by atoms with Crippen LogP contribution in [0.25, 0.3) is 0 Å². The van der Waals surface area contributed by atoms with Crippen LogP contribution in [0.15, 0.2) is 60.7 Å². The van der Waals surface area contributed by atoms with Crippen LogP contribution in [-0.4, -0.2) is 54.8 Å². The van der Waals surface area contributed by atoms with Crippen LogP contribution >= 0.6 is 0 Å². The quantitative estimate of drug-likeness (QED) is 0.453. The predicted octanol–water partition coefficient (Wildman–Crippen LogP) is 3.42. The first-order valence-electron chi connectivity index (χ1n) is 12.7. The number of rotatable bonds is 10. The lowest BCUT2D eigenvalue weighted by Crippen LogP contribution is -2.56. The van der Waals surface area contributed by atoms with Gasteiger partial charge in [-0.25, -0.2) is 9.59 Å². The fourth-order valence-corrected chi connectivity index (χ4v) is 4.73. The van der Waals surface area contributed by atoms with Crippen molar-refractivity contribution < 1.29 is 38.1 Å². The highest BCUT2D eigenvalue weighted by Gasteiger charge is 2.53. The minimum atomic E-state index is -1.19. The molecule has 0 radical (unpaired) electrons. The van der Waals surface area contributed by atoms with Gasteiger partial charge in [0.1, 0.15) is 50.1 Å². The molecule has 2 aromatic rings. The van der Waals surface area contributed by atoms with E-state index in [0.29, 0.717) is 25.4 Å². The summed E-state index contributed by atoms with van der Waals surface area (Å²) in [5, 5.41) is 5.03. The Morgan fingerprint density at radius 2 is 1.18 bits per heavy atom. The Bertz CT molecular complexity index is 995. The van der Waals surface area contributed by atoms with Gasteiger partial charge in [-0.2, -0.15) is 0 Å². The average Bonchev–Trinajstić information content (AvgIpc) is 3.31. The molecule has 0 bridgehead atoms. The highest BCUT2D eigenvalue weighted by molar-refractivity contribution is 5.75. The predicted molar refractivity (Wildman–Crippen MR) is 135 cm³/mol. The first-order chi connectivity index (χ1) is 18.5. The highest BCUT2D eigenvalue weighted by atomic mass is 16.8. The molecule has 2 aromatic carbocycles. The molecule has 2 N–H and O–H groups in total. The van der Waals surface area contributed by atoms with Gasteiger partial charge in [-0.3, -0.25) is 0 Å². The molecule has 10 heteroatoms. The number of aldehydes is 2. The Balaban J connectivity index is 1.43. The van der Waals surface area contributed by atoms with Crippen LogP contribution in [0, 0.1) is 0 Å². The molecule has 1 saturated carbocycles. The van der Waals surface area contributed by atoms with E-state index >= 15 is 0 Å². The average molecular weight is 525 g/mol. The van der Waals surface area contributed by atoms with Crippen molar-refractivity contribution in [1.29, 1.82) is 0 Å². The zero-order chi connectivity index (χ0) is 26.8. The Hall–Kier alpha value is -3.76. The van der Waals surface area contributed by atoms with Gasteiger partial charge >= 0.3 is 12.2 Å². The van der Waals surface area contributed by atoms with E-state index in [2.05, 4.69) is 10.6 Å². The van der Waals surface area contributed by atoms with Gasteiger partial charge in [0.25, 0.3) is 0 Å². The maximum atomic E-state index is 12.5. The summed E-state index contributed by atoms with van der Waals surface area (Å²) in [5.74, 6) is -1.01. The maximum Gasteiger partial charge on any atom is 0.408 e. The third-order valence-electron chi connectivity index (χ3n) is 6.64. The first kappa shape index (κ1) is 27.3. The summed E-state index contributed by atoms with van der Waals surface area (Å²) >= 11 is 0. The number of nitrogens with one attached hydrogen (secondary N) is 2. The molecule has 1 aliphatic heterocycles. The molecular formula is C28H32N2O8. The van der Waals surface area contributed by atoms with Crippen molar-refractivity contribution in [2.75, 3.05) is 0 Å². The number of ether oxygens (including phenoxy) is 4. The van der Waals surface area contributed by atoms with Crippen LogP contribution < -0.4 is 10.6 Å². The van der Waals surface area contributed by atoms with E-state index < -0.39 is 42.3 Å². The van der Waals surface area contributed by atoms with E-state index in [1.807, 2.05) is 36.4 Å². The number of carbonyl (C=O) groups is 4. The number of hydrogen-bond acceptors (Lipinski definition) is 8. The maximum absolute atomic E-state index is 12.5. The molecule has 10 nitrogen and oxygen atoms in total. The van der Waals surface area contributed by atoms with Crippen molar-refractivity contribution in [3.8, 4) is 0 Å². The molecule has 1 heterocycles. The highest BCUT2D eigenvalue weighted by Crippen LogP contribution is 2.42. The Kier molecular flexibility index (Phi) is 9.45. The second-order valence-corrected chi connectivity index (χ2v) is 9.37. The topological polar surface area (TPSA) is 129 Å². The van der Waals surface area contributed by atoms with Gasteiger partial charge in [-0.05, 0) is 24.0 Å². The molecule has 0 aromatic heterocycles. The number of amides is 2. The van der Waals surface area contributed by atoms with Crippen molar-refractivity contribution in [2.45, 2.75) is 75.4 Å². The smallest absolute Gasteiger partial charge is 0.408 e. The number of alkyl carbamates (subject to hydrolysis) is 2. The van der Waals surface area contributed by atoms with Crippen molar-refractivity contribution in [3.05, 3.63) is 71.8 Å². The van der Waals surface area contributed by atoms with Crippen LogP contribution in [0.4, 0.5) is 9.59 Å². The molecule has 38 heavy (non-hydrogen) atoms. The summed E-state index contributed by atoms with van der Waals surface area (Å²) in [4.78, 5) is 49.2. The molecule has 2 aliphatic rings. The molecule has 0 unspecified atom stereocenters. The van der Waals surface area contributed by atoms with Crippen LogP contribution in [0.1, 0.15) is 43.2 Å². The van der Waals surface area contributed by atoms with Crippen molar-refractivity contribution in [1.82, 2.24) is 10.6 Å². The molecule has 1 spiro atoms. The second-order valence-electron chi connectivity index (χ2n) is 9.37. The fraction of sp³-hybridized carbons (Fsp3) is 0.429. The standard InChI is InChI=1S/C28H32N2O8/c31-16-22(29-26(33)35-18-20-10-4-1-5-11-20)24-25(38-28(37-24)14-8-3-9-15-28)23(17-32)30-27(34)36-19-21-12-6-2-7-13-21/h1-2,4-7,10-13,16-17,22-25H,3,8-9,14-15,18-19H2,(H,29,33)(H,30,34)/t22-,23-,24+,25+/m0/s1. The van der Waals surface area contributed by atoms with Crippen molar-refractivity contribution in [3.63, 3.8) is 0 Å². The monoisotopic (exact) mass is 524 g/mol. The zero-order valence-corrected chi connectivity index (χ0v) is 21.0. The van der Waals surface area contributed by atoms with E-state index in [-0.39, 0.29) is 13.2 Å². The van der Waals surface area contributed by atoms with Gasteiger partial charge in [0, 0.05) is 12.8 Å². The summed E-state index contributed by atoms with van der Waals surface area (Å²) < 4.78 is 23.0. The van der Waals surface area contributed by atoms with Crippen LogP contribution in [0.2, 0.25) is 0 Å². The van der Waals surface area contributed by atoms with Gasteiger partial charge in [0.05, 0.1) is 0 Å². The molecule has 2 amide bonds. The van der Waals surface area contributed by atoms with Crippen LogP contribution in [-0.2, 0) is 41.8 Å². The van der Waals surface area contributed by atoms with Gasteiger partial charge in [-0.1, -0.05) is 67.1 Å². The summed E-state index contributed by atoms with van der Waals surface area (Å²) in [6.45, 7) is 0.0266. The molecule has 4 atom stereocenters. The second kappa shape index (κ2) is 13.2. The molecule has 2 fully saturated rings. The van der Waals surface area contributed by atoms with E-state index in [0.717, 1.165) is 30.4 Å². The molecule has 202 valence electrons. The fourth-order valence-electron chi connectivity index (χ4n) is 4.73. The Morgan fingerprint density at radius 3 is 1.58 bits per heavy atom. The SMILES string of the molecule is O=C[C@H](NC(=O)OCc1ccccc1)[C@H]1OC2(CCCCC2)O[C@@H]1[C@H](C=O)NC(=O)OCc1ccccc1. The lowest BCUT2D eigenvalue weighted by atomic mass is 9.94. The first-order valence-corrected chi connectivity index (χ1v) is 12.7. The van der Waals surface area contributed by atoms with E-state index in [1.165, 1.54) is 0 Å². The van der Waals surface area contributed by atoms with Crippen LogP contribution in [0.3, 0.4) is 0 Å². The van der Waals surface area contributed by atoms with E-state index in [1.54, 1.807) is 24.3 Å². The summed E-state index contributed by atoms with van der Waals surface area (Å²) in [7, 11) is 0. The number of benzene rings is 2. The van der Waals surface area contributed by atoms with E-state index in [9.17, 15) is 19.2 Å². The largest absolute Gasteiger partial charge is 0.445 e. The lowest BCUT2D eigenvalue weighted by Gasteiger charge is -2.32. The molecule has 1 saturated heterocycles. The third kappa shape index (κ3) is 7.17. The molecule has 4 rings (SSSR count). The third-order valence-corrected chi connectivity index (χ3v) is 6.64. The van der Waals surface area contributed by atoms with Crippen molar-refractivity contribution in [2.24, 2.45) is 0 Å². The van der Waals surface area contributed by atoms with Crippen LogP contribution in [0.5, 0.6) is 0 Å².